The second-order valence-corrected chi connectivity index (χ2v) is 7.65. The predicted molar refractivity (Wildman–Crippen MR) is 87.6 cm³/mol. The second-order valence-electron chi connectivity index (χ2n) is 5.09. The summed E-state index contributed by atoms with van der Waals surface area (Å²) in [7, 11) is 0. The topological polar surface area (TPSA) is 12.0 Å². The molecule has 1 aromatic heterocycles. The maximum Gasteiger partial charge on any atom is 0.0934 e. The fourth-order valence-electron chi connectivity index (χ4n) is 2.71. The van der Waals surface area contributed by atoms with Crippen LogP contribution in [-0.4, -0.2) is 0 Å². The van der Waals surface area contributed by atoms with Crippen LogP contribution >= 0.6 is 38.9 Å². The average molecular weight is 357 g/mol. The van der Waals surface area contributed by atoms with Crippen molar-refractivity contribution in [1.29, 1.82) is 0 Å². The molecule has 1 unspecified atom stereocenters. The SMILES string of the molecule is Cc1cc(NC2CCc3sc(Cl)cc32)cc(C)c1Br. The Morgan fingerprint density at radius 1 is 1.26 bits per heavy atom. The van der Waals surface area contributed by atoms with Gasteiger partial charge in [-0.05, 0) is 61.6 Å². The van der Waals surface area contributed by atoms with Gasteiger partial charge in [-0.2, -0.15) is 0 Å². The fraction of sp³-hybridized carbons (Fsp3) is 0.333. The van der Waals surface area contributed by atoms with Gasteiger partial charge >= 0.3 is 0 Å². The number of thiophene rings is 1. The van der Waals surface area contributed by atoms with Crippen molar-refractivity contribution < 1.29 is 0 Å². The third-order valence-corrected chi connectivity index (χ3v) is 6.21. The summed E-state index contributed by atoms with van der Waals surface area (Å²) in [5.74, 6) is 0. The molecule has 0 amide bonds. The van der Waals surface area contributed by atoms with Gasteiger partial charge in [0.15, 0.2) is 0 Å². The van der Waals surface area contributed by atoms with Gasteiger partial charge in [-0.15, -0.1) is 11.3 Å². The zero-order valence-electron chi connectivity index (χ0n) is 10.9. The summed E-state index contributed by atoms with van der Waals surface area (Å²) in [6, 6.07) is 6.91. The lowest BCUT2D eigenvalue weighted by Crippen LogP contribution is -2.07. The van der Waals surface area contributed by atoms with E-state index in [1.54, 1.807) is 11.3 Å². The Balaban J connectivity index is 1.87. The lowest BCUT2D eigenvalue weighted by atomic mass is 10.1. The third kappa shape index (κ3) is 2.56. The van der Waals surface area contributed by atoms with Crippen molar-refractivity contribution in [1.82, 2.24) is 0 Å². The number of rotatable bonds is 2. The van der Waals surface area contributed by atoms with Gasteiger partial charge in [0.05, 0.1) is 10.4 Å². The molecule has 1 nitrogen and oxygen atoms in total. The van der Waals surface area contributed by atoms with Crippen LogP contribution in [0.1, 0.15) is 34.0 Å². The molecule has 1 aliphatic carbocycles. The second kappa shape index (κ2) is 5.12. The zero-order chi connectivity index (χ0) is 13.6. The van der Waals surface area contributed by atoms with Crippen molar-refractivity contribution in [2.75, 3.05) is 5.32 Å². The van der Waals surface area contributed by atoms with Gasteiger partial charge in [0.1, 0.15) is 0 Å². The Labute approximate surface area is 131 Å². The first-order valence-electron chi connectivity index (χ1n) is 6.36. The first-order chi connectivity index (χ1) is 9.04. The summed E-state index contributed by atoms with van der Waals surface area (Å²) in [6.45, 7) is 4.26. The molecule has 2 aromatic rings. The Bertz CT molecular complexity index is 612. The molecule has 0 spiro atoms. The molecule has 0 radical (unpaired) electrons. The number of fused-ring (bicyclic) bond motifs is 1. The van der Waals surface area contributed by atoms with E-state index in [1.165, 1.54) is 31.7 Å². The summed E-state index contributed by atoms with van der Waals surface area (Å²) < 4.78 is 2.10. The number of hydrogen-bond donors (Lipinski definition) is 1. The van der Waals surface area contributed by atoms with Crippen LogP contribution in [0.4, 0.5) is 5.69 Å². The van der Waals surface area contributed by atoms with Gasteiger partial charge in [0.25, 0.3) is 0 Å². The summed E-state index contributed by atoms with van der Waals surface area (Å²) in [6.07, 6.45) is 2.30. The third-order valence-electron chi connectivity index (χ3n) is 3.62. The van der Waals surface area contributed by atoms with Crippen LogP contribution in [0.3, 0.4) is 0 Å². The van der Waals surface area contributed by atoms with Gasteiger partial charge < -0.3 is 5.32 Å². The van der Waals surface area contributed by atoms with Crippen molar-refractivity contribution >= 4 is 44.6 Å². The van der Waals surface area contributed by atoms with E-state index in [0.717, 1.165) is 17.2 Å². The molecule has 0 saturated heterocycles. The van der Waals surface area contributed by atoms with Gasteiger partial charge in [0.2, 0.25) is 0 Å². The number of nitrogens with one attached hydrogen (secondary N) is 1. The minimum atomic E-state index is 0.402. The Kier molecular flexibility index (Phi) is 3.63. The van der Waals surface area contributed by atoms with Crippen molar-refractivity contribution in [3.63, 3.8) is 0 Å². The summed E-state index contributed by atoms with van der Waals surface area (Å²) in [5.41, 5.74) is 5.11. The predicted octanol–water partition coefficient (Wildman–Crippen LogP) is 5.88. The molecule has 0 aliphatic heterocycles. The number of aryl methyl sites for hydroxylation is 3. The van der Waals surface area contributed by atoms with Gasteiger partial charge in [-0.1, -0.05) is 27.5 Å². The van der Waals surface area contributed by atoms with E-state index in [1.807, 2.05) is 0 Å². The molecular formula is C15H15BrClNS. The van der Waals surface area contributed by atoms with Crippen LogP contribution in [0.5, 0.6) is 0 Å². The van der Waals surface area contributed by atoms with Crippen LogP contribution in [-0.2, 0) is 6.42 Å². The zero-order valence-corrected chi connectivity index (χ0v) is 14.0. The Morgan fingerprint density at radius 2 is 1.95 bits per heavy atom. The standard InChI is InChI=1S/C15H15BrClNS/c1-8-5-10(6-9(2)15(8)16)18-12-3-4-13-11(12)7-14(17)19-13/h5-7,12,18H,3-4H2,1-2H3. The smallest absolute Gasteiger partial charge is 0.0934 e. The highest BCUT2D eigenvalue weighted by Crippen LogP contribution is 2.41. The van der Waals surface area contributed by atoms with E-state index >= 15 is 0 Å². The molecule has 0 fully saturated rings. The molecule has 19 heavy (non-hydrogen) atoms. The van der Waals surface area contributed by atoms with Crippen LogP contribution in [0.25, 0.3) is 0 Å². The van der Waals surface area contributed by atoms with Gasteiger partial charge in [-0.3, -0.25) is 0 Å². The highest BCUT2D eigenvalue weighted by molar-refractivity contribution is 9.10. The molecule has 0 bridgehead atoms. The number of benzene rings is 1. The van der Waals surface area contributed by atoms with Crippen molar-refractivity contribution in [3.05, 3.63) is 48.6 Å². The largest absolute Gasteiger partial charge is 0.378 e. The van der Waals surface area contributed by atoms with Gasteiger partial charge in [0, 0.05) is 15.0 Å². The monoisotopic (exact) mass is 355 g/mol. The number of halogens is 2. The molecule has 100 valence electrons. The average Bonchev–Trinajstić information content (AvgIpc) is 2.87. The number of hydrogen-bond acceptors (Lipinski definition) is 2. The quantitative estimate of drug-likeness (QED) is 0.708. The molecule has 3 rings (SSSR count). The lowest BCUT2D eigenvalue weighted by Gasteiger charge is -2.16. The minimum absolute atomic E-state index is 0.402. The van der Waals surface area contributed by atoms with Crippen molar-refractivity contribution in [2.24, 2.45) is 0 Å². The maximum absolute atomic E-state index is 6.10. The van der Waals surface area contributed by atoms with Crippen LogP contribution in [0, 0.1) is 13.8 Å². The van der Waals surface area contributed by atoms with E-state index in [0.29, 0.717) is 6.04 Å². The van der Waals surface area contributed by atoms with E-state index in [2.05, 4.69) is 53.3 Å². The summed E-state index contributed by atoms with van der Waals surface area (Å²) in [5, 5.41) is 3.65. The van der Waals surface area contributed by atoms with E-state index in [4.69, 9.17) is 11.6 Å². The summed E-state index contributed by atoms with van der Waals surface area (Å²) in [4.78, 5) is 1.44. The highest BCUT2D eigenvalue weighted by atomic mass is 79.9. The normalized spacial score (nSPS) is 17.6. The molecule has 1 heterocycles. The first-order valence-corrected chi connectivity index (χ1v) is 8.34. The van der Waals surface area contributed by atoms with Crippen LogP contribution in [0.2, 0.25) is 4.34 Å². The molecule has 1 aliphatic rings. The molecule has 4 heteroatoms. The maximum atomic E-state index is 6.10. The van der Waals surface area contributed by atoms with E-state index in [9.17, 15) is 0 Å². The summed E-state index contributed by atoms with van der Waals surface area (Å²) >= 11 is 11.4. The van der Waals surface area contributed by atoms with Crippen LogP contribution < -0.4 is 5.32 Å². The fourth-order valence-corrected chi connectivity index (χ4v) is 4.30. The lowest BCUT2D eigenvalue weighted by molar-refractivity contribution is 0.762. The Morgan fingerprint density at radius 3 is 2.63 bits per heavy atom. The number of anilines is 1. The van der Waals surface area contributed by atoms with Crippen LogP contribution in [0.15, 0.2) is 22.7 Å². The van der Waals surface area contributed by atoms with Gasteiger partial charge in [-0.25, -0.2) is 0 Å². The van der Waals surface area contributed by atoms with E-state index in [-0.39, 0.29) is 0 Å². The molecule has 1 aromatic carbocycles. The minimum Gasteiger partial charge on any atom is -0.378 e. The molecule has 0 saturated carbocycles. The first kappa shape index (κ1) is 13.5. The van der Waals surface area contributed by atoms with Crippen molar-refractivity contribution in [2.45, 2.75) is 32.7 Å². The van der Waals surface area contributed by atoms with E-state index < -0.39 is 0 Å². The molecule has 1 atom stereocenters. The molecular weight excluding hydrogens is 342 g/mol. The van der Waals surface area contributed by atoms with Crippen molar-refractivity contribution in [3.8, 4) is 0 Å². The Hall–Kier alpha value is -0.510. The highest BCUT2D eigenvalue weighted by Gasteiger charge is 2.25. The molecule has 1 N–H and O–H groups in total.